The van der Waals surface area contributed by atoms with Crippen molar-refractivity contribution in [3.8, 4) is 11.8 Å². The van der Waals surface area contributed by atoms with Gasteiger partial charge in [-0.15, -0.1) is 0 Å². The molecule has 20 heavy (non-hydrogen) atoms. The lowest BCUT2D eigenvalue weighted by Crippen LogP contribution is -2.45. The Kier molecular flexibility index (Phi) is 4.43. The minimum absolute atomic E-state index is 0.254. The van der Waals surface area contributed by atoms with E-state index in [0.29, 0.717) is 13.0 Å². The molecule has 0 radical (unpaired) electrons. The van der Waals surface area contributed by atoms with Gasteiger partial charge in [-0.1, -0.05) is 30.0 Å². The van der Waals surface area contributed by atoms with Crippen molar-refractivity contribution in [2.75, 3.05) is 13.1 Å². The number of benzene rings is 1. The highest BCUT2D eigenvalue weighted by Gasteiger charge is 2.34. The Hall–Kier alpha value is -1.83. The molecular formula is C16H19NO3. The zero-order valence-corrected chi connectivity index (χ0v) is 11.5. The molecule has 1 aromatic carbocycles. The van der Waals surface area contributed by atoms with Crippen LogP contribution in [0.15, 0.2) is 30.3 Å². The summed E-state index contributed by atoms with van der Waals surface area (Å²) in [6.45, 7) is 2.57. The number of carboxylic acid groups (broad SMARTS) is 1. The van der Waals surface area contributed by atoms with Crippen LogP contribution in [0, 0.1) is 11.8 Å². The Labute approximate surface area is 119 Å². The Morgan fingerprint density at radius 1 is 1.45 bits per heavy atom. The van der Waals surface area contributed by atoms with Crippen LogP contribution in [0.3, 0.4) is 0 Å². The first-order chi connectivity index (χ1) is 9.48. The van der Waals surface area contributed by atoms with Crippen LogP contribution in [-0.4, -0.2) is 45.8 Å². The van der Waals surface area contributed by atoms with Gasteiger partial charge in [0.25, 0.3) is 0 Å². The summed E-state index contributed by atoms with van der Waals surface area (Å²) in [4.78, 5) is 12.9. The normalized spacial score (nSPS) is 21.8. The molecule has 0 aromatic heterocycles. The molecule has 1 fully saturated rings. The topological polar surface area (TPSA) is 60.8 Å². The third-order valence-corrected chi connectivity index (χ3v) is 3.41. The average molecular weight is 273 g/mol. The highest BCUT2D eigenvalue weighted by Crippen LogP contribution is 2.20. The molecule has 106 valence electrons. The second-order valence-electron chi connectivity index (χ2n) is 5.36. The van der Waals surface area contributed by atoms with Crippen LogP contribution in [-0.2, 0) is 4.79 Å². The molecule has 2 N–H and O–H groups in total. The molecule has 0 saturated carbocycles. The minimum Gasteiger partial charge on any atom is -0.480 e. The lowest BCUT2D eigenvalue weighted by Gasteiger charge is -2.27. The van der Waals surface area contributed by atoms with E-state index < -0.39 is 17.6 Å². The number of likely N-dealkylation sites (tertiary alicyclic amines) is 1. The summed E-state index contributed by atoms with van der Waals surface area (Å²) in [6, 6.07) is 8.93. The van der Waals surface area contributed by atoms with Gasteiger partial charge in [-0.25, -0.2) is 0 Å². The van der Waals surface area contributed by atoms with Crippen LogP contribution in [0.4, 0.5) is 0 Å². The summed E-state index contributed by atoms with van der Waals surface area (Å²) in [7, 11) is 0. The molecule has 1 aliphatic rings. The number of rotatable bonds is 3. The van der Waals surface area contributed by atoms with Gasteiger partial charge < -0.3 is 10.2 Å². The largest absolute Gasteiger partial charge is 0.480 e. The van der Waals surface area contributed by atoms with Crippen molar-refractivity contribution >= 4 is 5.97 Å². The number of β-amino-alcohol motifs (C(OH)–C–C–N with tert-alkyl or cyclic N) is 1. The number of hydrogen-bond donors (Lipinski definition) is 2. The zero-order chi connectivity index (χ0) is 14.6. The molecule has 0 spiro atoms. The van der Waals surface area contributed by atoms with Gasteiger partial charge >= 0.3 is 5.97 Å². The van der Waals surface area contributed by atoms with E-state index in [1.165, 1.54) is 0 Å². The highest BCUT2D eigenvalue weighted by atomic mass is 16.4. The molecule has 2 rings (SSSR count). The van der Waals surface area contributed by atoms with Crippen LogP contribution >= 0.6 is 0 Å². The quantitative estimate of drug-likeness (QED) is 0.816. The number of carbonyl (C=O) groups is 1. The number of aliphatic hydroxyl groups is 1. The van der Waals surface area contributed by atoms with E-state index >= 15 is 0 Å². The Balaban J connectivity index is 2.04. The van der Waals surface area contributed by atoms with E-state index in [-0.39, 0.29) is 6.54 Å². The SMILES string of the molecule is C[C@](O)(C#Cc1ccccc1)CN1CCC[C@@H]1C(=O)O. The van der Waals surface area contributed by atoms with Gasteiger partial charge in [0, 0.05) is 12.1 Å². The molecule has 0 aliphatic carbocycles. The first kappa shape index (κ1) is 14.6. The molecule has 1 heterocycles. The fourth-order valence-corrected chi connectivity index (χ4v) is 2.46. The smallest absolute Gasteiger partial charge is 0.320 e. The van der Waals surface area contributed by atoms with Crippen molar-refractivity contribution in [1.29, 1.82) is 0 Å². The molecular weight excluding hydrogens is 254 g/mol. The van der Waals surface area contributed by atoms with Gasteiger partial charge in [-0.2, -0.15) is 0 Å². The number of nitrogens with zero attached hydrogens (tertiary/aromatic N) is 1. The van der Waals surface area contributed by atoms with Crippen molar-refractivity contribution in [1.82, 2.24) is 4.90 Å². The molecule has 0 bridgehead atoms. The van der Waals surface area contributed by atoms with Crippen molar-refractivity contribution in [2.45, 2.75) is 31.4 Å². The zero-order valence-electron chi connectivity index (χ0n) is 11.5. The molecule has 1 aromatic rings. The first-order valence-corrected chi connectivity index (χ1v) is 6.75. The highest BCUT2D eigenvalue weighted by molar-refractivity contribution is 5.73. The number of aliphatic carboxylic acids is 1. The molecule has 4 heteroatoms. The average Bonchev–Trinajstić information content (AvgIpc) is 2.85. The number of hydrogen-bond acceptors (Lipinski definition) is 3. The van der Waals surface area contributed by atoms with Crippen LogP contribution < -0.4 is 0 Å². The van der Waals surface area contributed by atoms with Crippen molar-refractivity contribution in [3.63, 3.8) is 0 Å². The fourth-order valence-electron chi connectivity index (χ4n) is 2.46. The summed E-state index contributed by atoms with van der Waals surface area (Å²) in [5.41, 5.74) is -0.377. The predicted molar refractivity (Wildman–Crippen MR) is 76.2 cm³/mol. The standard InChI is InChI=1S/C16H19NO3/c1-16(20,10-9-13-6-3-2-4-7-13)12-17-11-5-8-14(17)15(18)19/h2-4,6-7,14,20H,5,8,11-12H2,1H3,(H,18,19)/t14-,16+/m1/s1. The van der Waals surface area contributed by atoms with Gasteiger partial charge in [0.05, 0.1) is 0 Å². The van der Waals surface area contributed by atoms with Crippen LogP contribution in [0.25, 0.3) is 0 Å². The van der Waals surface area contributed by atoms with Gasteiger partial charge in [-0.05, 0) is 38.4 Å². The second kappa shape index (κ2) is 6.08. The molecule has 2 atom stereocenters. The first-order valence-electron chi connectivity index (χ1n) is 6.75. The van der Waals surface area contributed by atoms with E-state index in [2.05, 4.69) is 11.8 Å². The molecule has 0 amide bonds. The lowest BCUT2D eigenvalue weighted by molar-refractivity contribution is -0.142. The van der Waals surface area contributed by atoms with E-state index in [1.807, 2.05) is 30.3 Å². The fraction of sp³-hybridized carbons (Fsp3) is 0.438. The van der Waals surface area contributed by atoms with Gasteiger partial charge in [0.15, 0.2) is 0 Å². The van der Waals surface area contributed by atoms with Crippen LogP contribution in [0.1, 0.15) is 25.3 Å². The summed E-state index contributed by atoms with van der Waals surface area (Å²) in [6.07, 6.45) is 1.48. The van der Waals surface area contributed by atoms with E-state index in [9.17, 15) is 9.90 Å². The predicted octanol–water partition coefficient (Wildman–Crippen LogP) is 1.34. The van der Waals surface area contributed by atoms with Crippen LogP contribution in [0.2, 0.25) is 0 Å². The summed E-state index contributed by atoms with van der Waals surface area (Å²) in [5.74, 6) is 4.94. The van der Waals surface area contributed by atoms with E-state index in [0.717, 1.165) is 12.0 Å². The van der Waals surface area contributed by atoms with Gasteiger partial charge in [0.2, 0.25) is 0 Å². The number of carboxylic acids is 1. The Morgan fingerprint density at radius 3 is 2.80 bits per heavy atom. The van der Waals surface area contributed by atoms with Crippen molar-refractivity contribution in [3.05, 3.63) is 35.9 Å². The molecule has 4 nitrogen and oxygen atoms in total. The third-order valence-electron chi connectivity index (χ3n) is 3.41. The molecule has 1 aliphatic heterocycles. The monoisotopic (exact) mass is 273 g/mol. The van der Waals surface area contributed by atoms with Crippen molar-refractivity contribution in [2.24, 2.45) is 0 Å². The second-order valence-corrected chi connectivity index (χ2v) is 5.36. The Morgan fingerprint density at radius 2 is 2.15 bits per heavy atom. The maximum atomic E-state index is 11.1. The Bertz CT molecular complexity index is 528. The van der Waals surface area contributed by atoms with E-state index in [1.54, 1.807) is 11.8 Å². The van der Waals surface area contributed by atoms with Gasteiger partial charge in [0.1, 0.15) is 11.6 Å². The summed E-state index contributed by atoms with van der Waals surface area (Å²) >= 11 is 0. The maximum Gasteiger partial charge on any atom is 0.320 e. The maximum absolute atomic E-state index is 11.1. The minimum atomic E-state index is -1.21. The van der Waals surface area contributed by atoms with Crippen LogP contribution in [0.5, 0.6) is 0 Å². The summed E-state index contributed by atoms with van der Waals surface area (Å²) < 4.78 is 0. The third kappa shape index (κ3) is 3.83. The summed E-state index contributed by atoms with van der Waals surface area (Å²) in [5, 5.41) is 19.5. The van der Waals surface area contributed by atoms with Gasteiger partial charge in [-0.3, -0.25) is 9.69 Å². The molecule has 1 saturated heterocycles. The molecule has 0 unspecified atom stereocenters. The van der Waals surface area contributed by atoms with Crippen molar-refractivity contribution < 1.29 is 15.0 Å². The van der Waals surface area contributed by atoms with E-state index in [4.69, 9.17) is 5.11 Å². The lowest BCUT2D eigenvalue weighted by atomic mass is 10.1.